The third kappa shape index (κ3) is 11.8. The monoisotopic (exact) mass is 1640 g/mol. The average Bonchev–Trinajstić information content (AvgIpc) is 1.57. The molecule has 10 nitrogen and oxygen atoms in total. The highest BCUT2D eigenvalue weighted by Gasteiger charge is 2.36. The molecule has 7 aromatic heterocycles. The molecule has 19 aromatic carbocycles. The number of furan rings is 4. The normalized spacial score (nSPS) is 12.6. The smallest absolute Gasteiger partial charge is 0.160 e. The quantitative estimate of drug-likeness (QED) is 0.152. The molecule has 2 aliphatic carbocycles. The fourth-order valence-electron chi connectivity index (χ4n) is 20.1. The Hall–Kier alpha value is -16.8. The van der Waals surface area contributed by atoms with Crippen molar-refractivity contribution >= 4 is 153 Å². The van der Waals surface area contributed by atoms with Gasteiger partial charge in [-0.15, -0.1) is 0 Å². The summed E-state index contributed by atoms with van der Waals surface area (Å²) in [5, 5.41) is 18.7. The van der Waals surface area contributed by atoms with E-state index in [0.29, 0.717) is 11.6 Å². The van der Waals surface area contributed by atoms with Crippen LogP contribution in [0.25, 0.3) is 254 Å². The number of nitrogens with zero attached hydrogens (tertiary/aromatic N) is 6. The number of rotatable bonds is 7. The fraction of sp³-hybridized carbons (Fsp3) is 0.0339. The molecule has 0 unspecified atom stereocenters. The van der Waals surface area contributed by atoms with Crippen LogP contribution < -0.4 is 0 Å². The number of para-hydroxylation sites is 7. The van der Waals surface area contributed by atoms with Gasteiger partial charge in [0.05, 0.1) is 33.6 Å². The summed E-state index contributed by atoms with van der Waals surface area (Å²) in [4.78, 5) is 30.6. The minimum absolute atomic E-state index is 0.0854. The molecule has 0 N–H and O–H groups in total. The summed E-state index contributed by atoms with van der Waals surface area (Å²) in [5.74, 6) is 2.12. The van der Waals surface area contributed by atoms with E-state index in [9.17, 15) is 0 Å². The molecule has 26 aromatic rings. The van der Waals surface area contributed by atoms with Crippen molar-refractivity contribution < 1.29 is 17.7 Å². The van der Waals surface area contributed by atoms with Gasteiger partial charge in [-0.1, -0.05) is 305 Å². The van der Waals surface area contributed by atoms with Crippen LogP contribution in [0.3, 0.4) is 0 Å². The summed E-state index contributed by atoms with van der Waals surface area (Å²) < 4.78 is 25.3. The van der Waals surface area contributed by atoms with E-state index in [2.05, 4.69) is 311 Å². The first-order chi connectivity index (χ1) is 63.1. The first-order valence-corrected chi connectivity index (χ1v) is 43.5. The Bertz CT molecular complexity index is 9190. The molecule has 2 aliphatic rings. The number of fused-ring (bicyclic) bond motifs is 27. The lowest BCUT2D eigenvalue weighted by atomic mass is 9.82. The standard InChI is InChI=1S/C43H26N2O.C39H26N2O.C36H20N2O2/c1-2-8-33-30(7-1)24-32-23-29(20-21-34(32)33)26-13-16-28(17-14-26)43-44-39-11-5-3-10-37(39)41(45-43)31-18-15-27-19-22-36-35-9-4-6-12-40(35)46-42(36)38(27)25-31;1-39(2)32-12-6-3-9-26(32)27-19-18-25(22-33(27)39)38-40-34-13-7-4-11-30(34)36(41-38)24-16-15-23-17-20-29-28-10-5-8-14-35(28)42-37(29)31(23)21-24;1-4-10-30-28(9-1)34(38-36(37-30)23-16-17-26-24-7-2-5-11-31(24)39-33(26)20-23)22-14-13-21-15-18-27-25-8-3-6-12-32(25)40-35(27)29(21)19-22/h1-23,25H,24H2;3-22H,1-2H3;1-20H. The van der Waals surface area contributed by atoms with Crippen molar-refractivity contribution in [2.75, 3.05) is 0 Å². The van der Waals surface area contributed by atoms with Crippen molar-refractivity contribution in [2.45, 2.75) is 25.7 Å². The maximum Gasteiger partial charge on any atom is 0.160 e. The van der Waals surface area contributed by atoms with Gasteiger partial charge >= 0.3 is 0 Å². The Labute approximate surface area is 733 Å². The van der Waals surface area contributed by atoms with E-state index in [0.717, 1.165) is 215 Å². The second kappa shape index (κ2) is 28.6. The van der Waals surface area contributed by atoms with E-state index in [1.54, 1.807) is 0 Å². The predicted octanol–water partition coefficient (Wildman–Crippen LogP) is 31.5. The minimum Gasteiger partial charge on any atom is -0.456 e. The van der Waals surface area contributed by atoms with Crippen LogP contribution in [0.4, 0.5) is 0 Å². The SMILES string of the molecule is CC1(C)c2ccccc2-c2ccc(-c3nc(-c4ccc5ccc6c7ccccc7oc6c5c4)c4ccccc4n3)cc21.c1ccc2c(-c3ccc4ccc5c6ccccc6oc5c4c3)nc(-c3ccc4c(c3)oc3ccccc34)nc2c1.c1ccc2c(c1)Cc1cc(-c3ccc(-c4nc(-c5ccc6ccc7c8ccccc8oc7c6c5)c5ccccc5n4)cc3)ccc1-2. The Morgan fingerprint density at radius 3 is 1.05 bits per heavy atom. The molecule has 7 heterocycles. The highest BCUT2D eigenvalue weighted by atomic mass is 16.3. The maximum atomic E-state index is 6.39. The highest BCUT2D eigenvalue weighted by molar-refractivity contribution is 6.19. The first-order valence-electron chi connectivity index (χ1n) is 43.5. The minimum atomic E-state index is -0.0854. The molecule has 0 saturated heterocycles. The van der Waals surface area contributed by atoms with Crippen molar-refractivity contribution in [3.8, 4) is 101 Å². The van der Waals surface area contributed by atoms with Gasteiger partial charge in [0.15, 0.2) is 17.5 Å². The number of hydrogen-bond acceptors (Lipinski definition) is 10. The predicted molar refractivity (Wildman–Crippen MR) is 524 cm³/mol. The highest BCUT2D eigenvalue weighted by Crippen LogP contribution is 2.51. The van der Waals surface area contributed by atoms with Gasteiger partial charge in [0.1, 0.15) is 44.7 Å². The van der Waals surface area contributed by atoms with Crippen molar-refractivity contribution in [2.24, 2.45) is 0 Å². The van der Waals surface area contributed by atoms with Crippen molar-refractivity contribution in [3.63, 3.8) is 0 Å². The molecular weight excluding hydrogens is 1570 g/mol. The third-order valence-corrected chi connectivity index (χ3v) is 26.5. The van der Waals surface area contributed by atoms with Gasteiger partial charge in [0.25, 0.3) is 0 Å². The molecule has 0 saturated carbocycles. The second-order valence-electron chi connectivity index (χ2n) is 34.2. The van der Waals surface area contributed by atoms with Crippen LogP contribution in [0.5, 0.6) is 0 Å². The first kappa shape index (κ1) is 72.8. The van der Waals surface area contributed by atoms with Crippen LogP contribution in [0.15, 0.2) is 406 Å². The van der Waals surface area contributed by atoms with Gasteiger partial charge in [-0.3, -0.25) is 0 Å². The van der Waals surface area contributed by atoms with Gasteiger partial charge < -0.3 is 17.7 Å². The van der Waals surface area contributed by atoms with Crippen molar-refractivity contribution in [1.29, 1.82) is 0 Å². The summed E-state index contributed by atoms with van der Waals surface area (Å²) in [6.45, 7) is 4.62. The largest absolute Gasteiger partial charge is 0.456 e. The summed E-state index contributed by atoms with van der Waals surface area (Å²) >= 11 is 0. The molecule has 0 aliphatic heterocycles. The molecule has 128 heavy (non-hydrogen) atoms. The zero-order valence-corrected chi connectivity index (χ0v) is 69.5. The third-order valence-electron chi connectivity index (χ3n) is 26.5. The molecule has 10 heteroatoms. The van der Waals surface area contributed by atoms with Crippen LogP contribution in [-0.2, 0) is 11.8 Å². The van der Waals surface area contributed by atoms with E-state index in [4.69, 9.17) is 47.6 Å². The molecule has 0 amide bonds. The molecule has 598 valence electrons. The Morgan fingerprint density at radius 1 is 0.203 bits per heavy atom. The van der Waals surface area contributed by atoms with E-state index < -0.39 is 0 Å². The van der Waals surface area contributed by atoms with Gasteiger partial charge in [-0.2, -0.15) is 0 Å². The molecule has 0 spiro atoms. The second-order valence-corrected chi connectivity index (χ2v) is 34.2. The Morgan fingerprint density at radius 2 is 0.539 bits per heavy atom. The van der Waals surface area contributed by atoms with Gasteiger partial charge in [-0.25, -0.2) is 29.9 Å². The zero-order valence-electron chi connectivity index (χ0n) is 69.5. The van der Waals surface area contributed by atoms with Crippen molar-refractivity contribution in [3.05, 3.63) is 411 Å². The molecule has 28 rings (SSSR count). The number of benzene rings is 19. The van der Waals surface area contributed by atoms with Crippen LogP contribution in [-0.4, -0.2) is 29.9 Å². The maximum absolute atomic E-state index is 6.39. The van der Waals surface area contributed by atoms with Crippen LogP contribution in [0.1, 0.15) is 36.1 Å². The van der Waals surface area contributed by atoms with Gasteiger partial charge in [-0.05, 0) is 175 Å². The topological polar surface area (TPSA) is 130 Å². The Balaban J connectivity index is 0.000000102. The van der Waals surface area contributed by atoms with E-state index in [1.165, 1.54) is 55.6 Å². The average molecular weight is 1640 g/mol. The zero-order chi connectivity index (χ0) is 84.4. The van der Waals surface area contributed by atoms with E-state index in [1.807, 2.05) is 91.0 Å². The molecule has 0 atom stereocenters. The molecular formula is C118H72N6O4. The van der Waals surface area contributed by atoms with E-state index in [-0.39, 0.29) is 5.41 Å². The fourth-order valence-corrected chi connectivity index (χ4v) is 20.1. The lowest BCUT2D eigenvalue weighted by Crippen LogP contribution is -2.15. The van der Waals surface area contributed by atoms with Crippen molar-refractivity contribution in [1.82, 2.24) is 29.9 Å². The van der Waals surface area contributed by atoms with Crippen LogP contribution in [0.2, 0.25) is 0 Å². The van der Waals surface area contributed by atoms with Gasteiger partial charge in [0.2, 0.25) is 0 Å². The lowest BCUT2D eigenvalue weighted by molar-refractivity contribution is 0.660. The van der Waals surface area contributed by atoms with Gasteiger partial charge in [0, 0.05) is 114 Å². The summed E-state index contributed by atoms with van der Waals surface area (Å²) in [7, 11) is 0. The Kier molecular flexibility index (Phi) is 16.3. The number of hydrogen-bond donors (Lipinski definition) is 0. The van der Waals surface area contributed by atoms with Crippen LogP contribution >= 0.6 is 0 Å². The lowest BCUT2D eigenvalue weighted by Gasteiger charge is -2.21. The summed E-state index contributed by atoms with van der Waals surface area (Å²) in [5.41, 5.74) is 31.8. The van der Waals surface area contributed by atoms with Crippen LogP contribution in [0, 0.1) is 0 Å². The molecule has 0 fully saturated rings. The molecule has 0 bridgehead atoms. The summed E-state index contributed by atoms with van der Waals surface area (Å²) in [6.07, 6.45) is 0.988. The molecule has 0 radical (unpaired) electrons. The number of aromatic nitrogens is 6. The van der Waals surface area contributed by atoms with E-state index >= 15 is 0 Å². The summed E-state index contributed by atoms with van der Waals surface area (Å²) in [6, 6.07) is 136.